The monoisotopic (exact) mass is 326 g/mol. The number of benzene rings is 1. The van der Waals surface area contributed by atoms with E-state index in [2.05, 4.69) is 46.4 Å². The van der Waals surface area contributed by atoms with E-state index in [4.69, 9.17) is 0 Å². The van der Waals surface area contributed by atoms with Crippen molar-refractivity contribution in [3.05, 3.63) is 28.7 Å². The first-order chi connectivity index (χ1) is 8.49. The molecule has 1 aromatic rings. The van der Waals surface area contributed by atoms with Crippen molar-refractivity contribution in [3.8, 4) is 6.07 Å². The Kier molecular flexibility index (Phi) is 6.20. The first-order valence-corrected chi connectivity index (χ1v) is 7.75. The lowest BCUT2D eigenvalue weighted by molar-refractivity contribution is 0.429. The summed E-state index contributed by atoms with van der Waals surface area (Å²) in [5, 5.41) is 12.9. The average molecular weight is 327 g/mol. The van der Waals surface area contributed by atoms with Crippen LogP contribution in [-0.2, 0) is 0 Å². The van der Waals surface area contributed by atoms with E-state index < -0.39 is 5.54 Å². The number of halogens is 1. The Balaban J connectivity index is 2.58. The summed E-state index contributed by atoms with van der Waals surface area (Å²) in [6.45, 7) is 6.98. The molecule has 0 radical (unpaired) electrons. The minimum atomic E-state index is -0.434. The van der Waals surface area contributed by atoms with Crippen LogP contribution in [0.25, 0.3) is 0 Å². The van der Waals surface area contributed by atoms with Crippen molar-refractivity contribution in [2.75, 3.05) is 6.54 Å². The number of hydrogen-bond acceptors (Lipinski definition) is 3. The topological polar surface area (TPSA) is 35.8 Å². The molecule has 2 unspecified atom stereocenters. The predicted molar refractivity (Wildman–Crippen MR) is 81.8 cm³/mol. The van der Waals surface area contributed by atoms with Gasteiger partial charge in [-0.05, 0) is 44.2 Å². The van der Waals surface area contributed by atoms with Crippen LogP contribution in [0.5, 0.6) is 0 Å². The second-order valence-corrected chi connectivity index (χ2v) is 6.99. The molecule has 0 aliphatic carbocycles. The molecule has 0 saturated carbocycles. The second-order valence-electron chi connectivity index (χ2n) is 4.56. The van der Waals surface area contributed by atoms with Gasteiger partial charge < -0.3 is 0 Å². The molecule has 0 aliphatic heterocycles. The summed E-state index contributed by atoms with van der Waals surface area (Å²) < 4.78 is 1.09. The van der Waals surface area contributed by atoms with Crippen molar-refractivity contribution >= 4 is 27.7 Å². The van der Waals surface area contributed by atoms with Gasteiger partial charge in [0.25, 0.3) is 0 Å². The van der Waals surface area contributed by atoms with E-state index in [1.807, 2.05) is 37.7 Å². The Morgan fingerprint density at radius 2 is 2.06 bits per heavy atom. The van der Waals surface area contributed by atoms with Gasteiger partial charge in [0.15, 0.2) is 0 Å². The van der Waals surface area contributed by atoms with Gasteiger partial charge in [-0.1, -0.05) is 29.8 Å². The predicted octanol–water partition coefficient (Wildman–Crippen LogP) is 4.21. The van der Waals surface area contributed by atoms with Crippen molar-refractivity contribution in [1.29, 1.82) is 5.26 Å². The fourth-order valence-electron chi connectivity index (χ4n) is 1.91. The lowest BCUT2D eigenvalue weighted by atomic mass is 9.98. The van der Waals surface area contributed by atoms with Crippen LogP contribution in [0, 0.1) is 11.3 Å². The highest BCUT2D eigenvalue weighted by Crippen LogP contribution is 2.29. The lowest BCUT2D eigenvalue weighted by Crippen LogP contribution is -2.42. The zero-order valence-corrected chi connectivity index (χ0v) is 13.4. The Hall–Kier alpha value is -0.500. The van der Waals surface area contributed by atoms with Crippen molar-refractivity contribution in [1.82, 2.24) is 5.32 Å². The molecule has 0 saturated heterocycles. The maximum absolute atomic E-state index is 9.24. The second kappa shape index (κ2) is 7.18. The molecule has 1 N–H and O–H groups in total. The molecule has 0 aromatic heterocycles. The molecule has 0 aliphatic rings. The van der Waals surface area contributed by atoms with Gasteiger partial charge >= 0.3 is 0 Å². The number of nitriles is 1. The van der Waals surface area contributed by atoms with Gasteiger partial charge in [-0.3, -0.25) is 5.32 Å². The lowest BCUT2D eigenvalue weighted by Gasteiger charge is -2.25. The fraction of sp³-hybridized carbons (Fsp3) is 0.500. The molecule has 4 heteroatoms. The summed E-state index contributed by atoms with van der Waals surface area (Å²) in [5.74, 6) is 0. The fourth-order valence-corrected chi connectivity index (χ4v) is 3.35. The molecule has 2 nitrogen and oxygen atoms in total. The van der Waals surface area contributed by atoms with Gasteiger partial charge in [0.05, 0.1) is 6.07 Å². The van der Waals surface area contributed by atoms with Crippen molar-refractivity contribution in [2.45, 2.75) is 42.9 Å². The third kappa shape index (κ3) is 5.01. The molecular formula is C14H19BrN2S. The van der Waals surface area contributed by atoms with Crippen molar-refractivity contribution < 1.29 is 0 Å². The minimum absolute atomic E-state index is 0.398. The number of thioether (sulfide) groups is 1. The number of rotatable bonds is 6. The molecule has 98 valence electrons. The SMILES string of the molecule is CCNC(C)(C#N)CC(C)Sc1ccc(Br)cc1. The maximum atomic E-state index is 9.24. The van der Waals surface area contributed by atoms with E-state index >= 15 is 0 Å². The van der Waals surface area contributed by atoms with E-state index in [-0.39, 0.29) is 0 Å². The Labute approximate surface area is 122 Å². The molecule has 2 atom stereocenters. The van der Waals surface area contributed by atoms with Crippen LogP contribution in [0.15, 0.2) is 33.6 Å². The van der Waals surface area contributed by atoms with Gasteiger partial charge in [-0.15, -0.1) is 11.8 Å². The molecular weight excluding hydrogens is 308 g/mol. The maximum Gasteiger partial charge on any atom is 0.104 e. The standard InChI is InChI=1S/C14H19BrN2S/c1-4-17-14(3,10-16)9-11(2)18-13-7-5-12(15)6-8-13/h5-8,11,17H,4,9H2,1-3H3. The van der Waals surface area contributed by atoms with Crippen LogP contribution in [0.1, 0.15) is 27.2 Å². The van der Waals surface area contributed by atoms with Crippen LogP contribution in [0.4, 0.5) is 0 Å². The van der Waals surface area contributed by atoms with Crippen molar-refractivity contribution in [3.63, 3.8) is 0 Å². The summed E-state index contributed by atoms with van der Waals surface area (Å²) in [5.41, 5.74) is -0.434. The third-order valence-electron chi connectivity index (χ3n) is 2.66. The van der Waals surface area contributed by atoms with Gasteiger partial charge in [-0.25, -0.2) is 0 Å². The van der Waals surface area contributed by atoms with E-state index in [0.717, 1.165) is 17.4 Å². The van der Waals surface area contributed by atoms with Crippen LogP contribution >= 0.6 is 27.7 Å². The van der Waals surface area contributed by atoms with Crippen LogP contribution in [0.3, 0.4) is 0 Å². The Morgan fingerprint density at radius 1 is 1.44 bits per heavy atom. The molecule has 18 heavy (non-hydrogen) atoms. The van der Waals surface area contributed by atoms with Crippen LogP contribution < -0.4 is 5.32 Å². The third-order valence-corrected chi connectivity index (χ3v) is 4.30. The van der Waals surface area contributed by atoms with Gasteiger partial charge in [-0.2, -0.15) is 5.26 Å². The molecule has 1 aromatic carbocycles. The highest BCUT2D eigenvalue weighted by atomic mass is 79.9. The van der Waals surface area contributed by atoms with E-state index in [0.29, 0.717) is 5.25 Å². The quantitative estimate of drug-likeness (QED) is 0.795. The largest absolute Gasteiger partial charge is 0.300 e. The molecule has 0 amide bonds. The smallest absolute Gasteiger partial charge is 0.104 e. The summed E-state index contributed by atoms with van der Waals surface area (Å²) in [4.78, 5) is 1.24. The zero-order valence-electron chi connectivity index (χ0n) is 11.0. The summed E-state index contributed by atoms with van der Waals surface area (Å²) in [6.07, 6.45) is 0.831. The Bertz CT molecular complexity index is 413. The number of nitrogens with zero attached hydrogens (tertiary/aromatic N) is 1. The molecule has 1 rings (SSSR count). The minimum Gasteiger partial charge on any atom is -0.300 e. The highest BCUT2D eigenvalue weighted by molar-refractivity contribution is 9.10. The van der Waals surface area contributed by atoms with Gasteiger partial charge in [0, 0.05) is 14.6 Å². The summed E-state index contributed by atoms with van der Waals surface area (Å²) in [7, 11) is 0. The zero-order chi connectivity index (χ0) is 13.6. The summed E-state index contributed by atoms with van der Waals surface area (Å²) in [6, 6.07) is 10.7. The first-order valence-electron chi connectivity index (χ1n) is 6.07. The van der Waals surface area contributed by atoms with E-state index in [9.17, 15) is 5.26 Å². The van der Waals surface area contributed by atoms with Crippen LogP contribution in [-0.4, -0.2) is 17.3 Å². The van der Waals surface area contributed by atoms with E-state index in [1.165, 1.54) is 4.90 Å². The van der Waals surface area contributed by atoms with Crippen molar-refractivity contribution in [2.24, 2.45) is 0 Å². The molecule has 0 fully saturated rings. The van der Waals surface area contributed by atoms with Crippen LogP contribution in [0.2, 0.25) is 0 Å². The Morgan fingerprint density at radius 3 is 2.56 bits per heavy atom. The number of hydrogen-bond donors (Lipinski definition) is 1. The highest BCUT2D eigenvalue weighted by Gasteiger charge is 2.25. The average Bonchev–Trinajstić information content (AvgIpc) is 2.32. The first kappa shape index (κ1) is 15.6. The summed E-state index contributed by atoms with van der Waals surface area (Å²) >= 11 is 5.24. The molecule has 0 spiro atoms. The van der Waals surface area contributed by atoms with E-state index in [1.54, 1.807) is 0 Å². The normalized spacial score (nSPS) is 15.7. The van der Waals surface area contributed by atoms with Gasteiger partial charge in [0.2, 0.25) is 0 Å². The van der Waals surface area contributed by atoms with Gasteiger partial charge in [0.1, 0.15) is 5.54 Å². The molecule has 0 heterocycles. The molecule has 0 bridgehead atoms. The number of nitrogens with one attached hydrogen (secondary N) is 1.